The summed E-state index contributed by atoms with van der Waals surface area (Å²) in [5.74, 6) is 2.44. The lowest BCUT2D eigenvalue weighted by Crippen LogP contribution is -2.02. The Morgan fingerprint density at radius 1 is 0.667 bits per heavy atom. The highest BCUT2D eigenvalue weighted by Crippen LogP contribution is 2.49. The number of ether oxygens (including phenoxy) is 4. The molecule has 0 fully saturated rings. The largest absolute Gasteiger partial charge is 0.493 e. The molecule has 0 unspecified atom stereocenters. The maximum Gasteiger partial charge on any atom is 0.177 e. The topological polar surface area (TPSA) is 57.2 Å². The van der Waals surface area contributed by atoms with Gasteiger partial charge in [0, 0.05) is 10.9 Å². The minimum atomic E-state index is -0.0745. The Balaban J connectivity index is 2.15. The number of methoxy groups -OCH3 is 4. The Morgan fingerprint density at radius 3 is 1.88 bits per heavy atom. The molecule has 33 heavy (non-hydrogen) atoms. The van der Waals surface area contributed by atoms with Gasteiger partial charge in [0.05, 0.1) is 48.5 Å². The molecule has 9 heteroatoms. The van der Waals surface area contributed by atoms with Gasteiger partial charge in [-0.25, -0.2) is 0 Å². The van der Waals surface area contributed by atoms with Gasteiger partial charge in [0.15, 0.2) is 23.0 Å². The van der Waals surface area contributed by atoms with Crippen molar-refractivity contribution in [2.45, 2.75) is 13.0 Å². The molecule has 0 aliphatic heterocycles. The number of aliphatic hydroxyl groups is 1. The Kier molecular flexibility index (Phi) is 9.14. The Morgan fingerprint density at radius 2 is 1.30 bits per heavy atom. The number of aliphatic hydroxyl groups excluding tert-OH is 1. The molecule has 0 saturated carbocycles. The first kappa shape index (κ1) is 26.3. The van der Waals surface area contributed by atoms with Gasteiger partial charge in [-0.1, -0.05) is 18.2 Å². The van der Waals surface area contributed by atoms with Crippen LogP contribution in [-0.4, -0.2) is 33.5 Å². The van der Waals surface area contributed by atoms with Crippen LogP contribution in [0.15, 0.2) is 48.2 Å². The second kappa shape index (κ2) is 11.4. The van der Waals surface area contributed by atoms with E-state index >= 15 is 0 Å². The van der Waals surface area contributed by atoms with Crippen molar-refractivity contribution in [2.24, 2.45) is 0 Å². The third-order valence-electron chi connectivity index (χ3n) is 5.25. The average Bonchev–Trinajstić information content (AvgIpc) is 2.83. The van der Waals surface area contributed by atoms with Crippen LogP contribution in [-0.2, 0) is 13.0 Å². The fourth-order valence-corrected chi connectivity index (χ4v) is 6.23. The molecule has 1 N–H and O–H groups in total. The lowest BCUT2D eigenvalue weighted by Gasteiger charge is -2.19. The van der Waals surface area contributed by atoms with Crippen molar-refractivity contribution in [1.82, 2.24) is 0 Å². The highest BCUT2D eigenvalue weighted by atomic mass is 79.9. The maximum absolute atomic E-state index is 10.0. The van der Waals surface area contributed by atoms with E-state index in [1.807, 2.05) is 24.3 Å². The quantitative estimate of drug-likeness (QED) is 0.246. The van der Waals surface area contributed by atoms with Crippen molar-refractivity contribution in [3.63, 3.8) is 0 Å². The summed E-state index contributed by atoms with van der Waals surface area (Å²) in [6.45, 7) is -0.0745. The lowest BCUT2D eigenvalue weighted by atomic mass is 9.94. The van der Waals surface area contributed by atoms with Gasteiger partial charge in [-0.15, -0.1) is 0 Å². The molecular formula is C24H22Br4O5. The molecule has 5 nitrogen and oxygen atoms in total. The van der Waals surface area contributed by atoms with E-state index in [0.29, 0.717) is 29.4 Å². The molecule has 0 bridgehead atoms. The second-order valence-corrected chi connectivity index (χ2v) is 10.2. The molecule has 3 aromatic carbocycles. The predicted molar refractivity (Wildman–Crippen MR) is 144 cm³/mol. The first-order chi connectivity index (χ1) is 15.8. The van der Waals surface area contributed by atoms with Gasteiger partial charge in [-0.3, -0.25) is 0 Å². The maximum atomic E-state index is 10.0. The Labute approximate surface area is 226 Å². The zero-order valence-corrected chi connectivity index (χ0v) is 24.7. The lowest BCUT2D eigenvalue weighted by molar-refractivity contribution is 0.281. The molecule has 3 rings (SSSR count). The van der Waals surface area contributed by atoms with E-state index in [1.54, 1.807) is 28.4 Å². The molecule has 0 spiro atoms. The number of halogens is 4. The Hall–Kier alpha value is -1.26. The highest BCUT2D eigenvalue weighted by molar-refractivity contribution is 9.13. The average molecular weight is 710 g/mol. The summed E-state index contributed by atoms with van der Waals surface area (Å²) in [6, 6.07) is 9.91. The van der Waals surface area contributed by atoms with E-state index in [4.69, 9.17) is 18.9 Å². The standard InChI is InChI=1S/C24H22Br4O5/c1-30-18-10-15(9-17(25)22(18)31-2)12-5-6-13(11-29)14(7-12)8-16-19(26)21(28)24(33-4)23(32-3)20(16)27/h5-7,9-10,29H,8,11H2,1-4H3. The molecule has 0 radical (unpaired) electrons. The van der Waals surface area contributed by atoms with Crippen molar-refractivity contribution in [3.05, 3.63) is 64.9 Å². The van der Waals surface area contributed by atoms with Gasteiger partial charge in [-0.2, -0.15) is 0 Å². The van der Waals surface area contributed by atoms with Crippen LogP contribution in [0.4, 0.5) is 0 Å². The third kappa shape index (κ3) is 5.22. The molecule has 0 amide bonds. The fraction of sp³-hybridized carbons (Fsp3) is 0.250. The van der Waals surface area contributed by atoms with Gasteiger partial charge in [-0.05, 0) is 104 Å². The molecule has 0 aliphatic carbocycles. The molecule has 0 heterocycles. The zero-order chi connectivity index (χ0) is 24.3. The van der Waals surface area contributed by atoms with E-state index in [9.17, 15) is 5.11 Å². The van der Waals surface area contributed by atoms with Crippen LogP contribution in [0.5, 0.6) is 23.0 Å². The highest BCUT2D eigenvalue weighted by Gasteiger charge is 2.23. The normalized spacial score (nSPS) is 10.8. The van der Waals surface area contributed by atoms with Crippen molar-refractivity contribution in [1.29, 1.82) is 0 Å². The molecular weight excluding hydrogens is 688 g/mol. The van der Waals surface area contributed by atoms with Crippen LogP contribution in [0.2, 0.25) is 0 Å². The van der Waals surface area contributed by atoms with Crippen LogP contribution in [0, 0.1) is 0 Å². The van der Waals surface area contributed by atoms with E-state index in [2.05, 4.69) is 69.8 Å². The number of benzene rings is 3. The minimum absolute atomic E-state index is 0.0745. The van der Waals surface area contributed by atoms with Crippen LogP contribution in [0.3, 0.4) is 0 Å². The smallest absolute Gasteiger partial charge is 0.177 e. The summed E-state index contributed by atoms with van der Waals surface area (Å²) < 4.78 is 25.2. The fourth-order valence-electron chi connectivity index (χ4n) is 3.58. The first-order valence-corrected chi connectivity index (χ1v) is 12.9. The molecule has 176 valence electrons. The van der Waals surface area contributed by atoms with Crippen molar-refractivity contribution >= 4 is 63.7 Å². The number of rotatable bonds is 8. The van der Waals surface area contributed by atoms with Crippen LogP contribution in [0.25, 0.3) is 11.1 Å². The molecule has 0 atom stereocenters. The van der Waals surface area contributed by atoms with Crippen LogP contribution in [0.1, 0.15) is 16.7 Å². The monoisotopic (exact) mass is 706 g/mol. The van der Waals surface area contributed by atoms with Crippen molar-refractivity contribution < 1.29 is 24.1 Å². The molecule has 3 aromatic rings. The summed E-state index contributed by atoms with van der Waals surface area (Å²) >= 11 is 14.5. The number of hydrogen-bond donors (Lipinski definition) is 1. The van der Waals surface area contributed by atoms with Crippen molar-refractivity contribution in [3.8, 4) is 34.1 Å². The summed E-state index contributed by atoms with van der Waals surface area (Å²) in [5, 5.41) is 10.0. The molecule has 0 saturated heterocycles. The van der Waals surface area contributed by atoms with E-state index in [1.165, 1.54) is 0 Å². The predicted octanol–water partition coefficient (Wildman–Crippen LogP) is 7.52. The van der Waals surface area contributed by atoms with E-state index in [0.717, 1.165) is 45.7 Å². The van der Waals surface area contributed by atoms with Crippen molar-refractivity contribution in [2.75, 3.05) is 28.4 Å². The molecule has 0 aliphatic rings. The minimum Gasteiger partial charge on any atom is -0.493 e. The Bertz CT molecular complexity index is 1180. The number of hydrogen-bond acceptors (Lipinski definition) is 5. The SMILES string of the molecule is COc1cc(-c2ccc(CO)c(Cc3c(Br)c(Br)c(OC)c(OC)c3Br)c2)cc(Br)c1OC. The van der Waals surface area contributed by atoms with Gasteiger partial charge < -0.3 is 24.1 Å². The summed E-state index contributed by atoms with van der Waals surface area (Å²) in [4.78, 5) is 0. The summed E-state index contributed by atoms with van der Waals surface area (Å²) in [5.41, 5.74) is 4.71. The van der Waals surface area contributed by atoms with Crippen LogP contribution >= 0.6 is 63.7 Å². The van der Waals surface area contributed by atoms with Gasteiger partial charge in [0.1, 0.15) is 0 Å². The van der Waals surface area contributed by atoms with E-state index < -0.39 is 0 Å². The molecule has 0 aromatic heterocycles. The van der Waals surface area contributed by atoms with E-state index in [-0.39, 0.29) is 6.61 Å². The van der Waals surface area contributed by atoms with Gasteiger partial charge >= 0.3 is 0 Å². The summed E-state index contributed by atoms with van der Waals surface area (Å²) in [7, 11) is 6.41. The first-order valence-electron chi connectivity index (χ1n) is 9.73. The van der Waals surface area contributed by atoms with Gasteiger partial charge in [0.25, 0.3) is 0 Å². The summed E-state index contributed by atoms with van der Waals surface area (Å²) in [6.07, 6.45) is 0.540. The van der Waals surface area contributed by atoms with Crippen LogP contribution < -0.4 is 18.9 Å². The van der Waals surface area contributed by atoms with Gasteiger partial charge in [0.2, 0.25) is 0 Å². The third-order valence-corrected chi connectivity index (χ3v) is 8.84. The second-order valence-electron chi connectivity index (χ2n) is 7.00. The zero-order valence-electron chi connectivity index (χ0n) is 18.4.